The third kappa shape index (κ3) is 2.71. The number of anilines is 1. The summed E-state index contributed by atoms with van der Waals surface area (Å²) in [5.41, 5.74) is 7.73. The first kappa shape index (κ1) is 13.9. The Morgan fingerprint density at radius 1 is 1.57 bits per heavy atom. The van der Waals surface area contributed by atoms with Gasteiger partial charge in [-0.3, -0.25) is 9.89 Å². The summed E-state index contributed by atoms with van der Waals surface area (Å²) in [4.78, 5) is 14.6. The molecule has 0 spiro atoms. The number of nitrogen functional groups attached to an aromatic ring is 1. The van der Waals surface area contributed by atoms with Crippen molar-refractivity contribution in [1.82, 2.24) is 15.1 Å². The predicted molar refractivity (Wildman–Crippen MR) is 81.0 cm³/mol. The maximum absolute atomic E-state index is 12.7. The fourth-order valence-corrected chi connectivity index (χ4v) is 2.97. The number of H-pyrrole nitrogens is 1. The molecule has 0 aliphatic carbocycles. The number of ether oxygens (including phenoxy) is 1. The van der Waals surface area contributed by atoms with E-state index in [4.69, 9.17) is 10.5 Å². The van der Waals surface area contributed by atoms with Gasteiger partial charge in [0.2, 0.25) is 0 Å². The largest absolute Gasteiger partial charge is 0.399 e. The minimum atomic E-state index is -0.0346. The number of methoxy groups -OCH3 is 1. The van der Waals surface area contributed by atoms with Gasteiger partial charge in [-0.05, 0) is 37.0 Å². The van der Waals surface area contributed by atoms with E-state index in [0.717, 1.165) is 36.8 Å². The van der Waals surface area contributed by atoms with E-state index < -0.39 is 0 Å². The summed E-state index contributed by atoms with van der Waals surface area (Å²) in [5, 5.41) is 7.86. The van der Waals surface area contributed by atoms with Crippen molar-refractivity contribution in [2.75, 3.05) is 32.5 Å². The van der Waals surface area contributed by atoms with Gasteiger partial charge in [-0.2, -0.15) is 5.10 Å². The number of aromatic amines is 1. The third-order valence-corrected chi connectivity index (χ3v) is 4.00. The van der Waals surface area contributed by atoms with Crippen molar-refractivity contribution in [3.63, 3.8) is 0 Å². The highest BCUT2D eigenvalue weighted by Crippen LogP contribution is 2.23. The number of piperidine rings is 1. The number of nitrogens with zero attached hydrogens (tertiary/aromatic N) is 2. The number of nitrogens with two attached hydrogens (primary N) is 1. The van der Waals surface area contributed by atoms with E-state index in [9.17, 15) is 4.79 Å². The number of hydrogen-bond acceptors (Lipinski definition) is 4. The molecule has 0 radical (unpaired) electrons. The lowest BCUT2D eigenvalue weighted by molar-refractivity contribution is 0.0567. The predicted octanol–water partition coefficient (Wildman–Crippen LogP) is 1.64. The zero-order valence-corrected chi connectivity index (χ0v) is 12.1. The van der Waals surface area contributed by atoms with Gasteiger partial charge >= 0.3 is 0 Å². The van der Waals surface area contributed by atoms with Crippen molar-refractivity contribution in [2.45, 2.75) is 12.8 Å². The number of benzene rings is 1. The Morgan fingerprint density at radius 3 is 3.24 bits per heavy atom. The molecular weight excluding hydrogens is 268 g/mol. The minimum absolute atomic E-state index is 0.0346. The van der Waals surface area contributed by atoms with E-state index in [1.54, 1.807) is 19.2 Å². The highest BCUT2D eigenvalue weighted by atomic mass is 16.5. The lowest BCUT2D eigenvalue weighted by Gasteiger charge is -2.32. The molecule has 1 amide bonds. The molecule has 1 aromatic heterocycles. The summed E-state index contributed by atoms with van der Waals surface area (Å²) in [6.45, 7) is 2.19. The molecule has 6 nitrogen and oxygen atoms in total. The Morgan fingerprint density at radius 2 is 2.43 bits per heavy atom. The number of likely N-dealkylation sites (tertiary alicyclic amines) is 1. The quantitative estimate of drug-likeness (QED) is 0.841. The standard InChI is InChI=1S/C15H20N4O2/c1-21-9-10-3-2-6-19(8-10)15(20)14-12-7-11(16)4-5-13(12)17-18-14/h4-5,7,10H,2-3,6,8-9,16H2,1H3,(H,17,18). The van der Waals surface area contributed by atoms with Crippen molar-refractivity contribution >= 4 is 22.5 Å². The van der Waals surface area contributed by atoms with Crippen LogP contribution in [0.2, 0.25) is 0 Å². The van der Waals surface area contributed by atoms with Crippen LogP contribution in [-0.2, 0) is 4.74 Å². The second kappa shape index (κ2) is 5.73. The molecule has 0 saturated carbocycles. The number of carbonyl (C=O) groups is 1. The van der Waals surface area contributed by atoms with Gasteiger partial charge in [-0.15, -0.1) is 0 Å². The second-order valence-corrected chi connectivity index (χ2v) is 5.59. The van der Waals surface area contributed by atoms with Crippen LogP contribution in [0.1, 0.15) is 23.3 Å². The number of nitrogens with one attached hydrogen (secondary N) is 1. The van der Waals surface area contributed by atoms with E-state index in [1.165, 1.54) is 0 Å². The molecule has 112 valence electrons. The molecule has 0 bridgehead atoms. The zero-order valence-electron chi connectivity index (χ0n) is 12.1. The smallest absolute Gasteiger partial charge is 0.275 e. The van der Waals surface area contributed by atoms with Gasteiger partial charge in [0, 0.05) is 31.3 Å². The summed E-state index contributed by atoms with van der Waals surface area (Å²) in [5.74, 6) is 0.371. The topological polar surface area (TPSA) is 84.2 Å². The van der Waals surface area contributed by atoms with E-state index >= 15 is 0 Å². The van der Waals surface area contributed by atoms with Crippen LogP contribution < -0.4 is 5.73 Å². The Labute approximate surface area is 123 Å². The Bertz CT molecular complexity index is 650. The van der Waals surface area contributed by atoms with E-state index in [0.29, 0.717) is 23.9 Å². The SMILES string of the molecule is COCC1CCCN(C(=O)c2n[nH]c3ccc(N)cc23)C1. The zero-order chi connectivity index (χ0) is 14.8. The van der Waals surface area contributed by atoms with Crippen LogP contribution in [0.15, 0.2) is 18.2 Å². The van der Waals surface area contributed by atoms with Crippen molar-refractivity contribution < 1.29 is 9.53 Å². The molecule has 1 aliphatic heterocycles. The molecule has 1 aromatic carbocycles. The van der Waals surface area contributed by atoms with Gasteiger partial charge in [-0.25, -0.2) is 0 Å². The van der Waals surface area contributed by atoms with Gasteiger partial charge in [0.1, 0.15) is 0 Å². The first-order chi connectivity index (χ1) is 10.2. The lowest BCUT2D eigenvalue weighted by atomic mass is 9.98. The van der Waals surface area contributed by atoms with Crippen LogP contribution in [0.4, 0.5) is 5.69 Å². The van der Waals surface area contributed by atoms with Crippen molar-refractivity contribution in [3.05, 3.63) is 23.9 Å². The molecule has 1 aliphatic rings. The lowest BCUT2D eigenvalue weighted by Crippen LogP contribution is -2.41. The molecule has 6 heteroatoms. The van der Waals surface area contributed by atoms with E-state index in [1.807, 2.05) is 11.0 Å². The van der Waals surface area contributed by atoms with Crippen LogP contribution in [0.25, 0.3) is 10.9 Å². The van der Waals surface area contributed by atoms with Gasteiger partial charge in [0.25, 0.3) is 5.91 Å². The molecular formula is C15H20N4O2. The Balaban J connectivity index is 1.84. The molecule has 1 fully saturated rings. The monoisotopic (exact) mass is 288 g/mol. The summed E-state index contributed by atoms with van der Waals surface area (Å²) in [7, 11) is 1.70. The van der Waals surface area contributed by atoms with Crippen LogP contribution in [0.5, 0.6) is 0 Å². The van der Waals surface area contributed by atoms with Gasteiger partial charge in [0.05, 0.1) is 12.1 Å². The van der Waals surface area contributed by atoms with Gasteiger partial charge in [-0.1, -0.05) is 0 Å². The van der Waals surface area contributed by atoms with Crippen LogP contribution >= 0.6 is 0 Å². The minimum Gasteiger partial charge on any atom is -0.399 e. The van der Waals surface area contributed by atoms with Gasteiger partial charge in [0.15, 0.2) is 5.69 Å². The molecule has 2 aromatic rings. The molecule has 2 heterocycles. The van der Waals surface area contributed by atoms with Crippen LogP contribution in [-0.4, -0.2) is 47.8 Å². The average Bonchev–Trinajstić information content (AvgIpc) is 2.90. The van der Waals surface area contributed by atoms with E-state index in [-0.39, 0.29) is 5.91 Å². The molecule has 1 atom stereocenters. The van der Waals surface area contributed by atoms with Crippen molar-refractivity contribution in [1.29, 1.82) is 0 Å². The molecule has 21 heavy (non-hydrogen) atoms. The van der Waals surface area contributed by atoms with E-state index in [2.05, 4.69) is 10.2 Å². The van der Waals surface area contributed by atoms with Crippen molar-refractivity contribution in [3.8, 4) is 0 Å². The molecule has 1 saturated heterocycles. The summed E-state index contributed by atoms with van der Waals surface area (Å²) < 4.78 is 5.21. The maximum Gasteiger partial charge on any atom is 0.275 e. The number of carbonyl (C=O) groups excluding carboxylic acids is 1. The molecule has 1 unspecified atom stereocenters. The first-order valence-electron chi connectivity index (χ1n) is 7.21. The number of rotatable bonds is 3. The number of aromatic nitrogens is 2. The van der Waals surface area contributed by atoms with Crippen LogP contribution in [0, 0.1) is 5.92 Å². The second-order valence-electron chi connectivity index (χ2n) is 5.59. The Kier molecular flexibility index (Phi) is 3.79. The average molecular weight is 288 g/mol. The molecule has 3 N–H and O–H groups in total. The fraction of sp³-hybridized carbons (Fsp3) is 0.467. The van der Waals surface area contributed by atoms with Gasteiger partial charge < -0.3 is 15.4 Å². The number of amides is 1. The highest BCUT2D eigenvalue weighted by Gasteiger charge is 2.26. The number of hydrogen-bond donors (Lipinski definition) is 2. The summed E-state index contributed by atoms with van der Waals surface area (Å²) in [6.07, 6.45) is 2.11. The molecule has 3 rings (SSSR count). The Hall–Kier alpha value is -2.08. The fourth-order valence-electron chi connectivity index (χ4n) is 2.97. The highest BCUT2D eigenvalue weighted by molar-refractivity contribution is 6.05. The third-order valence-electron chi connectivity index (χ3n) is 4.00. The van der Waals surface area contributed by atoms with Crippen LogP contribution in [0.3, 0.4) is 0 Å². The summed E-state index contributed by atoms with van der Waals surface area (Å²) >= 11 is 0. The maximum atomic E-state index is 12.7. The summed E-state index contributed by atoms with van der Waals surface area (Å²) in [6, 6.07) is 5.44. The number of fused-ring (bicyclic) bond motifs is 1. The first-order valence-corrected chi connectivity index (χ1v) is 7.21. The normalized spacial score (nSPS) is 19.1. The van der Waals surface area contributed by atoms with Crippen molar-refractivity contribution in [2.24, 2.45) is 5.92 Å².